The van der Waals surface area contributed by atoms with Crippen molar-refractivity contribution < 1.29 is 9.84 Å². The molecule has 0 aliphatic rings. The summed E-state index contributed by atoms with van der Waals surface area (Å²) in [5.41, 5.74) is 0.769. The first-order valence-corrected chi connectivity index (χ1v) is 5.71. The second kappa shape index (κ2) is 5.10. The molecular weight excluding hydrogens is 256 g/mol. The molecule has 1 rings (SSSR count). The topological polar surface area (TPSA) is 29.5 Å². The van der Waals surface area contributed by atoms with Gasteiger partial charge in [0.25, 0.3) is 0 Å². The molecule has 2 nitrogen and oxygen atoms in total. The third-order valence-electron chi connectivity index (χ3n) is 2.73. The summed E-state index contributed by atoms with van der Waals surface area (Å²) in [5.74, 6) is 0. The molecule has 0 spiro atoms. The highest BCUT2D eigenvalue weighted by atomic mass is 79.9. The Morgan fingerprint density at radius 2 is 2.00 bits per heavy atom. The normalized spacial score (nSPS) is 13.9. The number of halogens is 1. The molecule has 0 amide bonds. The maximum absolute atomic E-state index is 10.0. The number of hydrogen-bond acceptors (Lipinski definition) is 2. The first kappa shape index (κ1) is 12.7. The van der Waals surface area contributed by atoms with Crippen LogP contribution in [0.4, 0.5) is 0 Å². The fourth-order valence-corrected chi connectivity index (χ4v) is 2.33. The monoisotopic (exact) mass is 272 g/mol. The molecule has 1 aromatic carbocycles. The fourth-order valence-electron chi connectivity index (χ4n) is 1.53. The molecule has 15 heavy (non-hydrogen) atoms. The van der Waals surface area contributed by atoms with Crippen molar-refractivity contribution in [1.82, 2.24) is 0 Å². The van der Waals surface area contributed by atoms with Crippen LogP contribution in [0.1, 0.15) is 19.4 Å². The Labute approximate surface area is 99.4 Å². The summed E-state index contributed by atoms with van der Waals surface area (Å²) in [5, 5.41) is 10.0. The van der Waals surface area contributed by atoms with Gasteiger partial charge in [-0.1, -0.05) is 48.0 Å². The molecule has 0 saturated carbocycles. The number of aliphatic hydroxyl groups excluding tert-OH is 1. The van der Waals surface area contributed by atoms with Gasteiger partial charge in [-0.15, -0.1) is 0 Å². The summed E-state index contributed by atoms with van der Waals surface area (Å²) in [6.45, 7) is 4.36. The Bertz CT molecular complexity index is 323. The van der Waals surface area contributed by atoms with Crippen molar-refractivity contribution in [2.75, 3.05) is 13.7 Å². The molecule has 1 aromatic rings. The minimum Gasteiger partial charge on any atom is -0.390 e. The Balaban J connectivity index is 2.99. The van der Waals surface area contributed by atoms with Gasteiger partial charge in [-0.05, 0) is 11.6 Å². The summed E-state index contributed by atoms with van der Waals surface area (Å²) in [7, 11) is 1.60. The van der Waals surface area contributed by atoms with Crippen LogP contribution < -0.4 is 0 Å². The average molecular weight is 273 g/mol. The smallest absolute Gasteiger partial charge is 0.0864 e. The van der Waals surface area contributed by atoms with Gasteiger partial charge >= 0.3 is 0 Å². The molecule has 3 heteroatoms. The van der Waals surface area contributed by atoms with Crippen LogP contribution in [-0.2, 0) is 10.2 Å². The van der Waals surface area contributed by atoms with Crippen molar-refractivity contribution in [1.29, 1.82) is 0 Å². The zero-order valence-corrected chi connectivity index (χ0v) is 10.9. The molecule has 0 saturated heterocycles. The van der Waals surface area contributed by atoms with Gasteiger partial charge in [-0.25, -0.2) is 0 Å². The van der Waals surface area contributed by atoms with Crippen LogP contribution in [0.25, 0.3) is 0 Å². The SMILES string of the molecule is COC[C@H](O)C(C)(C)c1ccccc1Br. The van der Waals surface area contributed by atoms with Crippen molar-refractivity contribution in [3.8, 4) is 0 Å². The number of rotatable bonds is 4. The highest BCUT2D eigenvalue weighted by Crippen LogP contribution is 2.32. The Morgan fingerprint density at radius 1 is 1.40 bits per heavy atom. The molecule has 0 aliphatic carbocycles. The zero-order chi connectivity index (χ0) is 11.5. The first-order chi connectivity index (χ1) is 7.00. The second-order valence-corrected chi connectivity index (χ2v) is 5.03. The Kier molecular flexibility index (Phi) is 4.32. The van der Waals surface area contributed by atoms with E-state index in [1.165, 1.54) is 0 Å². The predicted octanol–water partition coefficient (Wildman–Crippen LogP) is 2.73. The van der Waals surface area contributed by atoms with Crippen molar-refractivity contribution in [2.24, 2.45) is 0 Å². The van der Waals surface area contributed by atoms with E-state index in [9.17, 15) is 5.11 Å². The van der Waals surface area contributed by atoms with Crippen molar-refractivity contribution >= 4 is 15.9 Å². The number of benzene rings is 1. The second-order valence-electron chi connectivity index (χ2n) is 4.17. The number of hydrogen-bond donors (Lipinski definition) is 1. The summed E-state index contributed by atoms with van der Waals surface area (Å²) < 4.78 is 6.00. The van der Waals surface area contributed by atoms with E-state index in [0.717, 1.165) is 10.0 Å². The average Bonchev–Trinajstić information content (AvgIpc) is 2.18. The lowest BCUT2D eigenvalue weighted by Gasteiger charge is -2.31. The van der Waals surface area contributed by atoms with Gasteiger partial charge in [-0.2, -0.15) is 0 Å². The lowest BCUT2D eigenvalue weighted by atomic mass is 9.79. The van der Waals surface area contributed by atoms with Crippen LogP contribution in [0.5, 0.6) is 0 Å². The van der Waals surface area contributed by atoms with Crippen LogP contribution in [0.3, 0.4) is 0 Å². The summed E-state index contributed by atoms with van der Waals surface area (Å²) in [4.78, 5) is 0. The van der Waals surface area contributed by atoms with Crippen LogP contribution in [-0.4, -0.2) is 24.9 Å². The lowest BCUT2D eigenvalue weighted by molar-refractivity contribution is 0.0199. The predicted molar refractivity (Wildman–Crippen MR) is 65.1 cm³/mol. The van der Waals surface area contributed by atoms with Crippen LogP contribution in [0.2, 0.25) is 0 Å². The van der Waals surface area contributed by atoms with E-state index in [-0.39, 0.29) is 5.41 Å². The molecule has 0 aliphatic heterocycles. The van der Waals surface area contributed by atoms with Crippen LogP contribution >= 0.6 is 15.9 Å². The molecule has 0 aromatic heterocycles. The van der Waals surface area contributed by atoms with E-state index in [1.807, 2.05) is 38.1 Å². The summed E-state index contributed by atoms with van der Waals surface area (Å²) in [6, 6.07) is 7.94. The third kappa shape index (κ3) is 2.80. The number of methoxy groups -OCH3 is 1. The van der Waals surface area contributed by atoms with E-state index in [0.29, 0.717) is 6.61 Å². The van der Waals surface area contributed by atoms with Gasteiger partial charge in [0.05, 0.1) is 12.7 Å². The molecule has 84 valence electrons. The zero-order valence-electron chi connectivity index (χ0n) is 9.33. The molecule has 0 fully saturated rings. The van der Waals surface area contributed by atoms with Crippen molar-refractivity contribution in [3.05, 3.63) is 34.3 Å². The maximum atomic E-state index is 10.0. The van der Waals surface area contributed by atoms with E-state index in [2.05, 4.69) is 15.9 Å². The molecule has 0 heterocycles. The highest BCUT2D eigenvalue weighted by Gasteiger charge is 2.31. The molecule has 0 radical (unpaired) electrons. The summed E-state index contributed by atoms with van der Waals surface area (Å²) in [6.07, 6.45) is -0.513. The summed E-state index contributed by atoms with van der Waals surface area (Å²) >= 11 is 3.50. The number of ether oxygens (including phenoxy) is 1. The fraction of sp³-hybridized carbons (Fsp3) is 0.500. The Hall–Kier alpha value is -0.380. The van der Waals surface area contributed by atoms with Crippen molar-refractivity contribution in [2.45, 2.75) is 25.4 Å². The molecular formula is C12H17BrO2. The van der Waals surface area contributed by atoms with Gasteiger partial charge in [0, 0.05) is 17.0 Å². The van der Waals surface area contributed by atoms with Gasteiger partial charge in [0.2, 0.25) is 0 Å². The van der Waals surface area contributed by atoms with E-state index >= 15 is 0 Å². The van der Waals surface area contributed by atoms with E-state index in [1.54, 1.807) is 7.11 Å². The minimum absolute atomic E-state index is 0.323. The first-order valence-electron chi connectivity index (χ1n) is 4.92. The van der Waals surface area contributed by atoms with Gasteiger partial charge in [-0.3, -0.25) is 0 Å². The van der Waals surface area contributed by atoms with Gasteiger partial charge in [0.1, 0.15) is 0 Å². The van der Waals surface area contributed by atoms with Crippen LogP contribution in [0.15, 0.2) is 28.7 Å². The maximum Gasteiger partial charge on any atom is 0.0864 e. The highest BCUT2D eigenvalue weighted by molar-refractivity contribution is 9.10. The van der Waals surface area contributed by atoms with Crippen molar-refractivity contribution in [3.63, 3.8) is 0 Å². The van der Waals surface area contributed by atoms with E-state index < -0.39 is 6.10 Å². The minimum atomic E-state index is -0.513. The van der Waals surface area contributed by atoms with Gasteiger partial charge in [0.15, 0.2) is 0 Å². The molecule has 1 atom stereocenters. The standard InChI is InChI=1S/C12H17BrO2/c1-12(2,11(14)8-15-3)9-6-4-5-7-10(9)13/h4-7,11,14H,8H2,1-3H3/t11-/m0/s1. The van der Waals surface area contributed by atoms with Crippen LogP contribution in [0, 0.1) is 0 Å². The third-order valence-corrected chi connectivity index (χ3v) is 3.42. The largest absolute Gasteiger partial charge is 0.390 e. The molecule has 0 bridgehead atoms. The Morgan fingerprint density at radius 3 is 2.53 bits per heavy atom. The van der Waals surface area contributed by atoms with Gasteiger partial charge < -0.3 is 9.84 Å². The quantitative estimate of drug-likeness (QED) is 0.914. The molecule has 0 unspecified atom stereocenters. The lowest BCUT2D eigenvalue weighted by Crippen LogP contribution is -2.37. The number of aliphatic hydroxyl groups is 1. The molecule has 1 N–H and O–H groups in total. The van der Waals surface area contributed by atoms with E-state index in [4.69, 9.17) is 4.74 Å².